The average Bonchev–Trinajstić information content (AvgIpc) is 2.86. The topological polar surface area (TPSA) is 38.8 Å². The monoisotopic (exact) mass is 275 g/mol. The molecule has 0 saturated heterocycles. The van der Waals surface area contributed by atoms with Crippen LogP contribution < -0.4 is 0 Å². The fourth-order valence-electron chi connectivity index (χ4n) is 1.93. The van der Waals surface area contributed by atoms with E-state index in [9.17, 15) is 4.55 Å². The van der Waals surface area contributed by atoms with Gasteiger partial charge in [-0.3, -0.25) is 0 Å². The SMILES string of the molecule is [O-][S+](c1ccccc1Cl)c1cccc2[nH]ccc12. The van der Waals surface area contributed by atoms with Gasteiger partial charge in [0.1, 0.15) is 0 Å². The molecule has 18 heavy (non-hydrogen) atoms. The Bertz CT molecular complexity index is 695. The first kappa shape index (κ1) is 11.7. The molecule has 0 bridgehead atoms. The van der Waals surface area contributed by atoms with E-state index in [-0.39, 0.29) is 0 Å². The number of benzene rings is 2. The van der Waals surface area contributed by atoms with Crippen LogP contribution in [0, 0.1) is 0 Å². The summed E-state index contributed by atoms with van der Waals surface area (Å²) in [5.41, 5.74) is 0.980. The van der Waals surface area contributed by atoms with Crippen molar-refractivity contribution in [2.75, 3.05) is 0 Å². The Morgan fingerprint density at radius 2 is 1.72 bits per heavy atom. The molecule has 2 nitrogen and oxygen atoms in total. The molecule has 0 aliphatic rings. The van der Waals surface area contributed by atoms with Crippen molar-refractivity contribution in [3.8, 4) is 0 Å². The van der Waals surface area contributed by atoms with Crippen molar-refractivity contribution in [2.24, 2.45) is 0 Å². The number of aromatic nitrogens is 1. The van der Waals surface area contributed by atoms with E-state index in [4.69, 9.17) is 11.6 Å². The molecule has 0 radical (unpaired) electrons. The van der Waals surface area contributed by atoms with Gasteiger partial charge in [-0.1, -0.05) is 29.8 Å². The van der Waals surface area contributed by atoms with Gasteiger partial charge >= 0.3 is 0 Å². The lowest BCUT2D eigenvalue weighted by molar-refractivity contribution is 0.596. The van der Waals surface area contributed by atoms with Crippen LogP contribution in [0.5, 0.6) is 0 Å². The molecule has 3 aromatic rings. The highest BCUT2D eigenvalue weighted by Gasteiger charge is 2.20. The maximum Gasteiger partial charge on any atom is 0.177 e. The van der Waals surface area contributed by atoms with Gasteiger partial charge in [-0.15, -0.1) is 0 Å². The molecule has 2 aromatic carbocycles. The molecule has 3 rings (SSSR count). The van der Waals surface area contributed by atoms with Crippen molar-refractivity contribution in [2.45, 2.75) is 9.79 Å². The first-order valence-electron chi connectivity index (χ1n) is 5.50. The van der Waals surface area contributed by atoms with E-state index in [1.807, 2.05) is 42.6 Å². The zero-order valence-electron chi connectivity index (χ0n) is 9.39. The van der Waals surface area contributed by atoms with Crippen LogP contribution in [0.1, 0.15) is 0 Å². The lowest BCUT2D eigenvalue weighted by Gasteiger charge is -2.11. The number of hydrogen-bond acceptors (Lipinski definition) is 1. The molecule has 0 spiro atoms. The summed E-state index contributed by atoms with van der Waals surface area (Å²) >= 11 is 4.83. The van der Waals surface area contributed by atoms with E-state index in [1.54, 1.807) is 12.1 Å². The molecule has 1 N–H and O–H groups in total. The van der Waals surface area contributed by atoms with E-state index >= 15 is 0 Å². The molecule has 0 fully saturated rings. The third kappa shape index (κ3) is 1.90. The molecular formula is C14H10ClNOS. The first-order chi connectivity index (χ1) is 8.77. The largest absolute Gasteiger partial charge is 0.606 e. The quantitative estimate of drug-likeness (QED) is 0.706. The molecular weight excluding hydrogens is 266 g/mol. The van der Waals surface area contributed by atoms with Crippen LogP contribution in [0.3, 0.4) is 0 Å². The van der Waals surface area contributed by atoms with Gasteiger partial charge in [0.25, 0.3) is 0 Å². The predicted octanol–water partition coefficient (Wildman–Crippen LogP) is 3.99. The third-order valence-corrected chi connectivity index (χ3v) is 4.74. The Morgan fingerprint density at radius 1 is 0.944 bits per heavy atom. The maximum absolute atomic E-state index is 12.6. The Labute approximate surface area is 113 Å². The molecule has 1 aromatic heterocycles. The highest BCUT2D eigenvalue weighted by Crippen LogP contribution is 2.31. The highest BCUT2D eigenvalue weighted by atomic mass is 35.5. The van der Waals surface area contributed by atoms with Gasteiger partial charge in [0, 0.05) is 17.4 Å². The number of rotatable bonds is 2. The second-order valence-corrected chi connectivity index (χ2v) is 5.72. The zero-order valence-corrected chi connectivity index (χ0v) is 11.0. The van der Waals surface area contributed by atoms with Crippen LogP contribution in [0.2, 0.25) is 5.02 Å². The minimum Gasteiger partial charge on any atom is -0.606 e. The van der Waals surface area contributed by atoms with E-state index < -0.39 is 11.2 Å². The number of hydrogen-bond donors (Lipinski definition) is 1. The van der Waals surface area contributed by atoms with Crippen LogP contribution in [0.25, 0.3) is 10.9 Å². The smallest absolute Gasteiger partial charge is 0.177 e. The Hall–Kier alpha value is -1.42. The number of nitrogens with one attached hydrogen (secondary N) is 1. The second-order valence-electron chi connectivity index (χ2n) is 3.89. The second kappa shape index (κ2) is 4.69. The summed E-state index contributed by atoms with van der Waals surface area (Å²) in [6, 6.07) is 14.9. The van der Waals surface area contributed by atoms with Crippen molar-refractivity contribution in [3.05, 3.63) is 59.8 Å². The summed E-state index contributed by atoms with van der Waals surface area (Å²) in [7, 11) is 0. The van der Waals surface area contributed by atoms with Gasteiger partial charge in [0.2, 0.25) is 0 Å². The third-order valence-electron chi connectivity index (χ3n) is 2.79. The van der Waals surface area contributed by atoms with E-state index in [0.29, 0.717) is 9.92 Å². The summed E-state index contributed by atoms with van der Waals surface area (Å²) in [5.74, 6) is 0. The number of fused-ring (bicyclic) bond motifs is 1. The average molecular weight is 276 g/mol. The van der Waals surface area contributed by atoms with Crippen molar-refractivity contribution in [3.63, 3.8) is 0 Å². The lowest BCUT2D eigenvalue weighted by atomic mass is 10.2. The van der Waals surface area contributed by atoms with E-state index in [0.717, 1.165) is 15.8 Å². The summed E-state index contributed by atoms with van der Waals surface area (Å²) in [4.78, 5) is 4.54. The minimum absolute atomic E-state index is 0.531. The molecule has 0 aliphatic carbocycles. The van der Waals surface area contributed by atoms with E-state index in [1.165, 1.54) is 0 Å². The molecule has 0 amide bonds. The van der Waals surface area contributed by atoms with Crippen LogP contribution in [-0.4, -0.2) is 9.54 Å². The van der Waals surface area contributed by atoms with Gasteiger partial charge in [-0.05, 0) is 30.3 Å². The highest BCUT2D eigenvalue weighted by molar-refractivity contribution is 7.91. The van der Waals surface area contributed by atoms with Crippen LogP contribution in [0.15, 0.2) is 64.5 Å². The predicted molar refractivity (Wildman–Crippen MR) is 74.4 cm³/mol. The summed E-state index contributed by atoms with van der Waals surface area (Å²) in [5, 5.41) is 1.50. The molecule has 0 saturated carbocycles. The fourth-order valence-corrected chi connectivity index (χ4v) is 3.54. The molecule has 4 heteroatoms. The van der Waals surface area contributed by atoms with Crippen LogP contribution >= 0.6 is 11.6 Å². The Kier molecular flexibility index (Phi) is 3.04. The summed E-state index contributed by atoms with van der Waals surface area (Å²) < 4.78 is 12.6. The maximum atomic E-state index is 12.6. The normalized spacial score (nSPS) is 12.8. The Morgan fingerprint density at radius 3 is 2.56 bits per heavy atom. The van der Waals surface area contributed by atoms with Crippen LogP contribution in [0.4, 0.5) is 0 Å². The van der Waals surface area contributed by atoms with Gasteiger partial charge < -0.3 is 9.54 Å². The molecule has 1 heterocycles. The molecule has 90 valence electrons. The van der Waals surface area contributed by atoms with Crippen molar-refractivity contribution in [1.82, 2.24) is 4.98 Å². The summed E-state index contributed by atoms with van der Waals surface area (Å²) in [6.07, 6.45) is 1.85. The Balaban J connectivity index is 2.15. The fraction of sp³-hybridized carbons (Fsp3) is 0. The van der Waals surface area contributed by atoms with Gasteiger partial charge in [0.15, 0.2) is 9.79 Å². The van der Waals surface area contributed by atoms with Crippen molar-refractivity contribution in [1.29, 1.82) is 0 Å². The van der Waals surface area contributed by atoms with Crippen molar-refractivity contribution >= 4 is 33.7 Å². The number of aromatic amines is 1. The van der Waals surface area contributed by atoms with E-state index in [2.05, 4.69) is 4.98 Å². The van der Waals surface area contributed by atoms with Gasteiger partial charge in [-0.2, -0.15) is 0 Å². The minimum atomic E-state index is -1.26. The zero-order chi connectivity index (χ0) is 12.5. The number of halogens is 1. The van der Waals surface area contributed by atoms with Gasteiger partial charge in [0.05, 0.1) is 15.9 Å². The lowest BCUT2D eigenvalue weighted by Crippen LogP contribution is -2.03. The molecule has 0 aliphatic heterocycles. The van der Waals surface area contributed by atoms with Crippen LogP contribution in [-0.2, 0) is 11.2 Å². The van der Waals surface area contributed by atoms with Gasteiger partial charge in [-0.25, -0.2) is 0 Å². The number of H-pyrrole nitrogens is 1. The standard InChI is InChI=1S/C14H10ClNOS/c15-11-4-1-2-6-14(11)18(17)13-7-3-5-12-10(13)8-9-16-12/h1-9,16H. The molecule has 1 atom stereocenters. The van der Waals surface area contributed by atoms with Crippen molar-refractivity contribution < 1.29 is 4.55 Å². The molecule has 1 unspecified atom stereocenters. The summed E-state index contributed by atoms with van der Waals surface area (Å²) in [6.45, 7) is 0. The first-order valence-corrected chi connectivity index (χ1v) is 7.02.